The summed E-state index contributed by atoms with van der Waals surface area (Å²) in [4.78, 5) is 8.24. The van der Waals surface area contributed by atoms with Gasteiger partial charge in [0.15, 0.2) is 0 Å². The van der Waals surface area contributed by atoms with E-state index in [1.807, 2.05) is 11.6 Å². The smallest absolute Gasteiger partial charge is 0.217 e. The van der Waals surface area contributed by atoms with E-state index >= 15 is 0 Å². The number of fused-ring (bicyclic) bond motifs is 1. The maximum atomic E-state index is 6.14. The molecular weight excluding hydrogens is 300 g/mol. The average molecular weight is 309 g/mol. The summed E-state index contributed by atoms with van der Waals surface area (Å²) in [6.45, 7) is 1.89. The topological polar surface area (TPSA) is 86.7 Å². The summed E-state index contributed by atoms with van der Waals surface area (Å²) in [5.74, 6) is 0.466. The van der Waals surface area contributed by atoms with E-state index in [0.717, 1.165) is 28.6 Å². The minimum atomic E-state index is 0.413. The van der Waals surface area contributed by atoms with Gasteiger partial charge in [0.1, 0.15) is 16.5 Å². The lowest BCUT2D eigenvalue weighted by molar-refractivity contribution is 0.565. The normalized spacial score (nSPS) is 15.1. The molecule has 0 unspecified atom stereocenters. The zero-order valence-corrected chi connectivity index (χ0v) is 12.0. The van der Waals surface area contributed by atoms with Crippen molar-refractivity contribution in [2.75, 3.05) is 0 Å². The maximum Gasteiger partial charge on any atom is 0.254 e. The van der Waals surface area contributed by atoms with Gasteiger partial charge in [-0.3, -0.25) is 0 Å². The number of aromatic nitrogens is 8. The van der Waals surface area contributed by atoms with E-state index in [-0.39, 0.29) is 0 Å². The molecule has 0 aliphatic heterocycles. The van der Waals surface area contributed by atoms with Crippen molar-refractivity contribution in [1.82, 2.24) is 39.8 Å². The van der Waals surface area contributed by atoms with Crippen LogP contribution in [0.15, 0.2) is 16.5 Å². The Labute approximate surface area is 122 Å². The van der Waals surface area contributed by atoms with Gasteiger partial charge in [-0.2, -0.15) is 19.6 Å². The molecule has 0 spiro atoms. The standard InChI is InChI=1S/C10H9ClN8S/c1-5-7(11)14-9-12-4-13-19(9)8(5)20-10-15-16-17-18(10)6-2-3-6/h4,6H,2-3H2,1H3. The molecule has 3 aromatic heterocycles. The van der Waals surface area contributed by atoms with E-state index in [0.29, 0.717) is 17.0 Å². The lowest BCUT2D eigenvalue weighted by Gasteiger charge is -2.08. The molecule has 1 fully saturated rings. The van der Waals surface area contributed by atoms with Gasteiger partial charge >= 0.3 is 0 Å². The molecule has 0 bridgehead atoms. The van der Waals surface area contributed by atoms with E-state index in [1.54, 1.807) is 4.52 Å². The molecule has 10 heteroatoms. The average Bonchev–Trinajstić information content (AvgIpc) is 2.99. The van der Waals surface area contributed by atoms with Crippen LogP contribution in [-0.2, 0) is 0 Å². The van der Waals surface area contributed by atoms with Gasteiger partial charge in [-0.25, -0.2) is 4.68 Å². The Morgan fingerprint density at radius 1 is 1.40 bits per heavy atom. The molecule has 3 aromatic rings. The molecule has 1 saturated carbocycles. The number of tetrazole rings is 1. The predicted octanol–water partition coefficient (Wildman–Crippen LogP) is 1.56. The van der Waals surface area contributed by atoms with E-state index in [2.05, 4.69) is 30.6 Å². The molecule has 102 valence electrons. The Morgan fingerprint density at radius 2 is 2.25 bits per heavy atom. The highest BCUT2D eigenvalue weighted by Gasteiger charge is 2.29. The first-order chi connectivity index (χ1) is 9.74. The number of hydrogen-bond acceptors (Lipinski definition) is 7. The predicted molar refractivity (Wildman–Crippen MR) is 70.7 cm³/mol. The molecule has 0 radical (unpaired) electrons. The second-order valence-corrected chi connectivity index (χ2v) is 5.86. The van der Waals surface area contributed by atoms with E-state index in [9.17, 15) is 0 Å². The monoisotopic (exact) mass is 308 g/mol. The fraction of sp³-hybridized carbons (Fsp3) is 0.400. The third-order valence-electron chi connectivity index (χ3n) is 3.09. The lowest BCUT2D eigenvalue weighted by Crippen LogP contribution is -2.03. The van der Waals surface area contributed by atoms with Crippen molar-refractivity contribution in [3.8, 4) is 0 Å². The van der Waals surface area contributed by atoms with Gasteiger partial charge in [-0.1, -0.05) is 11.6 Å². The summed E-state index contributed by atoms with van der Waals surface area (Å²) in [5.41, 5.74) is 0.833. The molecule has 0 saturated heterocycles. The van der Waals surface area contributed by atoms with E-state index < -0.39 is 0 Å². The number of rotatable bonds is 3. The van der Waals surface area contributed by atoms with Crippen LogP contribution in [-0.4, -0.2) is 39.8 Å². The van der Waals surface area contributed by atoms with Crippen LogP contribution in [0.3, 0.4) is 0 Å². The van der Waals surface area contributed by atoms with Crippen molar-refractivity contribution in [3.05, 3.63) is 17.0 Å². The quantitative estimate of drug-likeness (QED) is 0.678. The Balaban J connectivity index is 1.83. The SMILES string of the molecule is Cc1c(Cl)nc2ncnn2c1Sc1nnnn1C1CC1. The fourth-order valence-corrected chi connectivity index (χ4v) is 3.10. The summed E-state index contributed by atoms with van der Waals surface area (Å²) in [6, 6.07) is 0.413. The van der Waals surface area contributed by atoms with Crippen LogP contribution >= 0.6 is 23.4 Å². The van der Waals surface area contributed by atoms with Crippen LogP contribution in [0.25, 0.3) is 5.78 Å². The summed E-state index contributed by atoms with van der Waals surface area (Å²) in [5, 5.41) is 18.0. The van der Waals surface area contributed by atoms with E-state index in [4.69, 9.17) is 11.6 Å². The third kappa shape index (κ3) is 1.85. The van der Waals surface area contributed by atoms with Gasteiger partial charge in [-0.15, -0.1) is 5.10 Å². The van der Waals surface area contributed by atoms with Crippen molar-refractivity contribution >= 4 is 29.1 Å². The molecule has 0 amide bonds. The zero-order valence-electron chi connectivity index (χ0n) is 10.4. The molecule has 1 aliphatic carbocycles. The Kier molecular flexibility index (Phi) is 2.64. The maximum absolute atomic E-state index is 6.14. The number of nitrogens with zero attached hydrogens (tertiary/aromatic N) is 8. The van der Waals surface area contributed by atoms with Gasteiger partial charge in [0.25, 0.3) is 5.78 Å². The van der Waals surface area contributed by atoms with Crippen molar-refractivity contribution in [3.63, 3.8) is 0 Å². The van der Waals surface area contributed by atoms with Crippen LogP contribution in [0.4, 0.5) is 0 Å². The first kappa shape index (κ1) is 12.0. The highest BCUT2D eigenvalue weighted by atomic mass is 35.5. The third-order valence-corrected chi connectivity index (χ3v) is 4.59. The summed E-state index contributed by atoms with van der Waals surface area (Å²) < 4.78 is 3.50. The molecule has 0 aromatic carbocycles. The van der Waals surface area contributed by atoms with Crippen molar-refractivity contribution < 1.29 is 0 Å². The first-order valence-corrected chi connectivity index (χ1v) is 7.25. The number of halogens is 1. The largest absolute Gasteiger partial charge is 0.254 e. The summed E-state index contributed by atoms with van der Waals surface area (Å²) in [6.07, 6.45) is 3.69. The molecule has 4 rings (SSSR count). The van der Waals surface area contributed by atoms with Crippen LogP contribution < -0.4 is 0 Å². The molecule has 0 atom stereocenters. The molecule has 0 N–H and O–H groups in total. The molecule has 20 heavy (non-hydrogen) atoms. The van der Waals surface area contributed by atoms with Gasteiger partial charge in [-0.05, 0) is 42.0 Å². The highest BCUT2D eigenvalue weighted by molar-refractivity contribution is 7.99. The van der Waals surface area contributed by atoms with Gasteiger partial charge in [0, 0.05) is 5.56 Å². The Hall–Kier alpha value is -1.74. The number of hydrogen-bond donors (Lipinski definition) is 0. The summed E-state index contributed by atoms with van der Waals surface area (Å²) in [7, 11) is 0. The van der Waals surface area contributed by atoms with Crippen molar-refractivity contribution in [2.45, 2.75) is 36.0 Å². The second-order valence-electron chi connectivity index (χ2n) is 4.54. The first-order valence-electron chi connectivity index (χ1n) is 6.05. The van der Waals surface area contributed by atoms with Crippen LogP contribution in [0, 0.1) is 6.92 Å². The minimum absolute atomic E-state index is 0.413. The van der Waals surface area contributed by atoms with Crippen LogP contribution in [0.1, 0.15) is 24.4 Å². The van der Waals surface area contributed by atoms with Gasteiger partial charge in [0.05, 0.1) is 6.04 Å². The zero-order chi connectivity index (χ0) is 13.7. The van der Waals surface area contributed by atoms with Crippen LogP contribution in [0.2, 0.25) is 5.15 Å². The van der Waals surface area contributed by atoms with E-state index in [1.165, 1.54) is 18.1 Å². The summed E-state index contributed by atoms with van der Waals surface area (Å²) >= 11 is 7.57. The molecule has 1 aliphatic rings. The Bertz CT molecular complexity index is 792. The van der Waals surface area contributed by atoms with Gasteiger partial charge in [0.2, 0.25) is 5.16 Å². The van der Waals surface area contributed by atoms with Crippen LogP contribution in [0.5, 0.6) is 0 Å². The molecule has 3 heterocycles. The minimum Gasteiger partial charge on any atom is -0.217 e. The molecular formula is C10H9ClN8S. The molecule has 8 nitrogen and oxygen atoms in total. The van der Waals surface area contributed by atoms with Crippen molar-refractivity contribution in [1.29, 1.82) is 0 Å². The van der Waals surface area contributed by atoms with Gasteiger partial charge < -0.3 is 0 Å². The second kappa shape index (κ2) is 4.38. The van der Waals surface area contributed by atoms with Crippen molar-refractivity contribution in [2.24, 2.45) is 0 Å². The highest BCUT2D eigenvalue weighted by Crippen LogP contribution is 2.39. The lowest BCUT2D eigenvalue weighted by atomic mass is 10.4. The fourth-order valence-electron chi connectivity index (χ4n) is 1.88. The Morgan fingerprint density at radius 3 is 3.05 bits per heavy atom.